The molecule has 0 bridgehead atoms. The highest BCUT2D eigenvalue weighted by molar-refractivity contribution is 6.11. The molecule has 0 saturated carbocycles. The Bertz CT molecular complexity index is 2890. The van der Waals surface area contributed by atoms with Gasteiger partial charge in [0, 0.05) is 78.1 Å². The first kappa shape index (κ1) is 75.0. The molecule has 27 nitrogen and oxygen atoms in total. The van der Waals surface area contributed by atoms with Crippen molar-refractivity contribution < 1.29 is 131 Å². The molecule has 0 amide bonds. The second-order valence-electron chi connectivity index (χ2n) is 26.4. The number of Topliss-reactive ketones (excluding diaryl/α,β-unsaturated/α-hetero) is 2. The summed E-state index contributed by atoms with van der Waals surface area (Å²) in [5, 5.41) is 81.3. The number of fused-ring (bicyclic) bond motifs is 2. The fourth-order valence-electron chi connectivity index (χ4n) is 14.0. The summed E-state index contributed by atoms with van der Waals surface area (Å²) in [6.45, 7) is 17.1. The van der Waals surface area contributed by atoms with Gasteiger partial charge in [-0.25, -0.2) is 0 Å². The van der Waals surface area contributed by atoms with E-state index in [0.29, 0.717) is 6.42 Å². The Labute approximate surface area is 548 Å². The number of aliphatic hydroxyl groups is 5. The van der Waals surface area contributed by atoms with Gasteiger partial charge in [0.15, 0.2) is 55.0 Å². The monoisotopic (exact) mass is 1340 g/mol. The smallest absolute Gasteiger partial charge is 0.306 e. The van der Waals surface area contributed by atoms with Gasteiger partial charge in [-0.1, -0.05) is 45.4 Å². The number of carbonyl (C=O) groups is 5. The highest BCUT2D eigenvalue weighted by Gasteiger charge is 2.53. The van der Waals surface area contributed by atoms with Crippen LogP contribution in [-0.2, 0) is 91.9 Å². The van der Waals surface area contributed by atoms with Gasteiger partial charge in [-0.05, 0) is 91.3 Å². The van der Waals surface area contributed by atoms with Gasteiger partial charge in [0.1, 0.15) is 65.6 Å². The number of hydrogen-bond acceptors (Lipinski definition) is 27. The number of ketones is 2. The molecule has 94 heavy (non-hydrogen) atoms. The van der Waals surface area contributed by atoms with Crippen LogP contribution in [0.4, 0.5) is 0 Å². The molecule has 530 valence electrons. The number of methoxy groups -OCH3 is 2. The van der Waals surface area contributed by atoms with E-state index >= 15 is 4.79 Å². The number of aliphatic hydroxyl groups excluding tert-OH is 4. The molecule has 0 aromatic heterocycles. The van der Waals surface area contributed by atoms with Gasteiger partial charge in [-0.3, -0.25) is 24.0 Å². The normalized spacial score (nSPS) is 36.4. The average molecular weight is 1340 g/mol. The molecule has 5 fully saturated rings. The molecule has 2 aromatic rings. The van der Waals surface area contributed by atoms with E-state index in [2.05, 4.69) is 6.92 Å². The second kappa shape index (κ2) is 32.7. The van der Waals surface area contributed by atoms with Crippen LogP contribution in [0.15, 0.2) is 12.1 Å². The SMILES string of the molecule is CCCCCCCCCC(=O)O[C@H](C)[C@H](O)C(=O)[C@@H](OC)[C@@H]1Cc2cc3cc(O[C@H]4C[C@@H](O[C@@H]5C[C@@H](O)[C@H](OC)[C@@H](C)O5)[C@H](OC(C)=O)[C@@H](C)O4)c(C)c(O)c3c(O)c2C(=O)[C@H]1O[C@H]1C[C@H](O[C@H]2C[C@H](O[C@H]3C[C@@](C)(O)[C@@H](OC(C)=O)[C@H](C)O3)[C@H](O)[C@@H](C)O2)[C@H](O)[C@@H](C)O1. The van der Waals surface area contributed by atoms with Crippen LogP contribution in [0.2, 0.25) is 0 Å². The topological polar surface area (TPSA) is 365 Å². The lowest BCUT2D eigenvalue weighted by atomic mass is 9.75. The molecule has 6 aliphatic rings. The standard InChI is InChI=1S/C67H100O27/c1-14-15-16-17-18-19-20-21-47(71)82-33(5)58(75)61(78)64(81-13)41-23-39-22-40-24-43(90-50-28-46(63(35(7)86-50)88-37(9)68)93-48-25-42(70)62(80-12)34(6)85-48)30(2)55(72)53(40)59(76)54(39)60(77)65(41)94-51-27-44(56(73)32(4)84-51)91-49-26-45(57(74)31(3)83-49)92-52-29-67(11,79)66(36(8)87-52)89-38(10)69/h22,24,31-36,41-42,44-46,48-52,56-58,62-66,70,72-76,79H,14-21,23,25-29H2,1-13H3/t31-,32-,33-,34-,35-,36+,41+,42-,44+,45+,46-,48-,49+,50+,51+,52+,56-,57-,58+,62-,63-,64+,65+,66+,67-/m1/s1. The first-order chi connectivity index (χ1) is 44.4. The Hall–Kier alpha value is -4.79. The van der Waals surface area contributed by atoms with Crippen LogP contribution in [0.25, 0.3) is 10.8 Å². The summed E-state index contributed by atoms with van der Waals surface area (Å²) >= 11 is 0. The molecular weight excluding hydrogens is 1240 g/mol. The van der Waals surface area contributed by atoms with Crippen molar-refractivity contribution in [2.75, 3.05) is 14.2 Å². The van der Waals surface area contributed by atoms with E-state index in [4.69, 9.17) is 71.1 Å². The summed E-state index contributed by atoms with van der Waals surface area (Å²) in [5.41, 5.74) is -1.54. The number of unbranched alkanes of at least 4 members (excludes halogenated alkanes) is 6. The minimum absolute atomic E-state index is 0.0345. The third kappa shape index (κ3) is 17.7. The zero-order valence-electron chi connectivity index (χ0n) is 56.2. The summed E-state index contributed by atoms with van der Waals surface area (Å²) in [5.74, 6) is -5.99. The van der Waals surface area contributed by atoms with Crippen molar-refractivity contribution >= 4 is 40.2 Å². The number of phenolic OH excluding ortho intramolecular Hbond substituents is 2. The third-order valence-electron chi connectivity index (χ3n) is 18.9. The van der Waals surface area contributed by atoms with E-state index in [1.165, 1.54) is 61.0 Å². The van der Waals surface area contributed by atoms with Gasteiger partial charge in [0.05, 0.1) is 59.8 Å². The van der Waals surface area contributed by atoms with Crippen LogP contribution in [-0.4, -0.2) is 226 Å². The molecule has 1 aliphatic carbocycles. The fourth-order valence-corrected chi connectivity index (χ4v) is 14.0. The highest BCUT2D eigenvalue weighted by atomic mass is 16.7. The lowest BCUT2D eigenvalue weighted by Gasteiger charge is -2.46. The number of ether oxygens (including phenoxy) is 15. The Morgan fingerprint density at radius 2 is 1.22 bits per heavy atom. The maximum atomic E-state index is 15.5. The Kier molecular flexibility index (Phi) is 26.1. The minimum Gasteiger partial charge on any atom is -0.507 e. The Morgan fingerprint density at radius 1 is 0.681 bits per heavy atom. The first-order valence-corrected chi connectivity index (χ1v) is 33.1. The van der Waals surface area contributed by atoms with Crippen LogP contribution in [0, 0.1) is 12.8 Å². The number of phenols is 2. The van der Waals surface area contributed by atoms with Crippen molar-refractivity contribution in [1.82, 2.24) is 0 Å². The zero-order chi connectivity index (χ0) is 68.8. The largest absolute Gasteiger partial charge is 0.507 e. The molecule has 0 unspecified atom stereocenters. The van der Waals surface area contributed by atoms with E-state index in [9.17, 15) is 54.9 Å². The molecule has 5 heterocycles. The number of rotatable bonds is 27. The van der Waals surface area contributed by atoms with Gasteiger partial charge in [0.25, 0.3) is 0 Å². The van der Waals surface area contributed by atoms with Crippen LogP contribution in [0.5, 0.6) is 17.2 Å². The second-order valence-corrected chi connectivity index (χ2v) is 26.4. The number of hydrogen-bond donors (Lipinski definition) is 7. The number of benzene rings is 2. The van der Waals surface area contributed by atoms with Gasteiger partial charge in [-0.15, -0.1) is 0 Å². The molecule has 8 rings (SSSR count). The fraction of sp³-hybridized carbons (Fsp3) is 0.776. The zero-order valence-corrected chi connectivity index (χ0v) is 56.2. The predicted molar refractivity (Wildman–Crippen MR) is 329 cm³/mol. The number of aromatic hydroxyl groups is 2. The quantitative estimate of drug-likeness (QED) is 0.0341. The van der Waals surface area contributed by atoms with E-state index in [1.54, 1.807) is 34.6 Å². The molecule has 2 aromatic carbocycles. The molecule has 5 saturated heterocycles. The number of esters is 3. The predicted octanol–water partition coefficient (Wildman–Crippen LogP) is 5.24. The third-order valence-corrected chi connectivity index (χ3v) is 18.9. The van der Waals surface area contributed by atoms with Crippen LogP contribution in [0.3, 0.4) is 0 Å². The molecule has 25 atom stereocenters. The Morgan fingerprint density at radius 3 is 1.82 bits per heavy atom. The van der Waals surface area contributed by atoms with Crippen molar-refractivity contribution in [3.63, 3.8) is 0 Å². The lowest BCUT2D eigenvalue weighted by Crippen LogP contribution is -2.59. The van der Waals surface area contributed by atoms with E-state index in [0.717, 1.165) is 38.5 Å². The molecule has 7 N–H and O–H groups in total. The van der Waals surface area contributed by atoms with Crippen molar-refractivity contribution in [2.45, 2.75) is 313 Å². The van der Waals surface area contributed by atoms with Crippen molar-refractivity contribution in [3.8, 4) is 17.2 Å². The van der Waals surface area contributed by atoms with Gasteiger partial charge < -0.3 is 107 Å². The van der Waals surface area contributed by atoms with Crippen molar-refractivity contribution in [2.24, 2.45) is 5.92 Å². The van der Waals surface area contributed by atoms with Crippen LogP contribution in [0.1, 0.15) is 174 Å². The summed E-state index contributed by atoms with van der Waals surface area (Å²) in [4.78, 5) is 67.5. The van der Waals surface area contributed by atoms with E-state index in [-0.39, 0.29) is 78.2 Å². The Balaban J connectivity index is 1.06. The maximum Gasteiger partial charge on any atom is 0.306 e. The number of carbonyl (C=O) groups excluding carboxylic acids is 5. The average Bonchev–Trinajstić information content (AvgIpc) is 0.734. The summed E-state index contributed by atoms with van der Waals surface area (Å²) < 4.78 is 90.7. The minimum atomic E-state index is -1.96. The van der Waals surface area contributed by atoms with Crippen molar-refractivity contribution in [1.29, 1.82) is 0 Å². The van der Waals surface area contributed by atoms with Crippen molar-refractivity contribution in [3.05, 3.63) is 28.8 Å². The molecule has 0 radical (unpaired) electrons. The molecule has 0 spiro atoms. The molecular formula is C67H100O27. The summed E-state index contributed by atoms with van der Waals surface area (Å²) in [7, 11) is 2.67. The molecule has 5 aliphatic heterocycles. The van der Waals surface area contributed by atoms with Gasteiger partial charge in [-0.2, -0.15) is 0 Å². The lowest BCUT2D eigenvalue weighted by molar-refractivity contribution is -0.334. The van der Waals surface area contributed by atoms with E-state index < -0.39 is 194 Å². The first-order valence-electron chi connectivity index (χ1n) is 33.1. The van der Waals surface area contributed by atoms with Crippen LogP contribution >= 0.6 is 0 Å². The van der Waals surface area contributed by atoms with E-state index in [1.807, 2.05) is 0 Å². The summed E-state index contributed by atoms with van der Waals surface area (Å²) in [6.07, 6.45) is -19.4. The molecule has 27 heteroatoms. The van der Waals surface area contributed by atoms with Crippen LogP contribution < -0.4 is 4.74 Å². The highest BCUT2D eigenvalue weighted by Crippen LogP contribution is 2.48. The van der Waals surface area contributed by atoms with Gasteiger partial charge in [0.2, 0.25) is 6.29 Å². The van der Waals surface area contributed by atoms with Gasteiger partial charge >= 0.3 is 17.9 Å². The summed E-state index contributed by atoms with van der Waals surface area (Å²) in [6, 6.07) is 3.06. The maximum absolute atomic E-state index is 15.5.